The van der Waals surface area contributed by atoms with Crippen molar-refractivity contribution < 1.29 is 23.1 Å². The number of furan rings is 1. The van der Waals surface area contributed by atoms with Crippen LogP contribution in [-0.4, -0.2) is 46.5 Å². The quantitative estimate of drug-likeness (QED) is 0.798. The van der Waals surface area contributed by atoms with Crippen LogP contribution in [0.15, 0.2) is 47.3 Å². The summed E-state index contributed by atoms with van der Waals surface area (Å²) in [5, 5.41) is 0. The molecule has 7 heteroatoms. The third kappa shape index (κ3) is 2.64. The highest BCUT2D eigenvalue weighted by Crippen LogP contribution is 2.47. The molecule has 0 bridgehead atoms. The minimum atomic E-state index is -0.871. The average molecular weight is 384 g/mol. The van der Waals surface area contributed by atoms with Crippen LogP contribution in [0.25, 0.3) is 0 Å². The van der Waals surface area contributed by atoms with Gasteiger partial charge in [-0.15, -0.1) is 0 Å². The van der Waals surface area contributed by atoms with Gasteiger partial charge >= 0.3 is 0 Å². The van der Waals surface area contributed by atoms with Crippen molar-refractivity contribution in [2.75, 3.05) is 13.1 Å². The molecule has 0 unspecified atom stereocenters. The van der Waals surface area contributed by atoms with Crippen LogP contribution in [0, 0.1) is 5.82 Å². The number of amides is 2. The van der Waals surface area contributed by atoms with Crippen molar-refractivity contribution in [3.05, 3.63) is 59.8 Å². The van der Waals surface area contributed by atoms with E-state index < -0.39 is 5.60 Å². The highest BCUT2D eigenvalue weighted by atomic mass is 19.1. The molecule has 3 saturated heterocycles. The van der Waals surface area contributed by atoms with Gasteiger partial charge in [-0.05, 0) is 36.6 Å². The highest BCUT2D eigenvalue weighted by molar-refractivity contribution is 5.94. The number of carbonyl (C=O) groups is 2. The van der Waals surface area contributed by atoms with Gasteiger partial charge in [0.05, 0.1) is 17.9 Å². The van der Waals surface area contributed by atoms with E-state index >= 15 is 0 Å². The van der Waals surface area contributed by atoms with Crippen molar-refractivity contribution in [2.45, 2.75) is 43.6 Å². The molecule has 6 nitrogen and oxygen atoms in total. The minimum absolute atomic E-state index is 0.0281. The molecule has 0 N–H and O–H groups in total. The molecule has 0 radical (unpaired) electrons. The molecule has 2 atom stereocenters. The zero-order valence-electron chi connectivity index (χ0n) is 15.3. The third-order valence-corrected chi connectivity index (χ3v) is 6.18. The zero-order valence-corrected chi connectivity index (χ0v) is 15.3. The van der Waals surface area contributed by atoms with E-state index in [0.29, 0.717) is 31.5 Å². The molecule has 1 aromatic carbocycles. The summed E-state index contributed by atoms with van der Waals surface area (Å²) in [5.74, 6) is -0.416. The Hall–Kier alpha value is -2.67. The number of hydrogen-bond acceptors (Lipinski definition) is 4. The lowest BCUT2D eigenvalue weighted by Crippen LogP contribution is -2.51. The van der Waals surface area contributed by atoms with E-state index in [2.05, 4.69) is 0 Å². The van der Waals surface area contributed by atoms with Crippen molar-refractivity contribution in [3.63, 3.8) is 0 Å². The number of rotatable bonds is 2. The Morgan fingerprint density at radius 1 is 1.18 bits per heavy atom. The number of halogens is 1. The average Bonchev–Trinajstić information content (AvgIpc) is 3.42. The number of benzene rings is 1. The van der Waals surface area contributed by atoms with E-state index in [-0.39, 0.29) is 29.9 Å². The summed E-state index contributed by atoms with van der Waals surface area (Å²) in [7, 11) is 0. The molecule has 3 aliphatic heterocycles. The summed E-state index contributed by atoms with van der Waals surface area (Å²) in [6.07, 6.45) is 5.09. The normalized spacial score (nSPS) is 26.1. The molecule has 0 saturated carbocycles. The maximum Gasteiger partial charge on any atom is 0.257 e. The lowest BCUT2D eigenvalue weighted by atomic mass is 9.89. The summed E-state index contributed by atoms with van der Waals surface area (Å²) < 4.78 is 24.9. The van der Waals surface area contributed by atoms with Crippen molar-refractivity contribution in [1.29, 1.82) is 0 Å². The fourth-order valence-electron chi connectivity index (χ4n) is 4.73. The number of fused-ring (bicyclic) bond motifs is 1. The summed E-state index contributed by atoms with van der Waals surface area (Å²) in [5.41, 5.74) is 0.453. The van der Waals surface area contributed by atoms with Gasteiger partial charge in [-0.3, -0.25) is 9.59 Å². The van der Waals surface area contributed by atoms with Gasteiger partial charge in [0.2, 0.25) is 0 Å². The Bertz CT molecular complexity index is 905. The highest BCUT2D eigenvalue weighted by Gasteiger charge is 2.58. The van der Waals surface area contributed by atoms with Crippen LogP contribution in [0.2, 0.25) is 0 Å². The Kier molecular flexibility index (Phi) is 4.01. The molecule has 3 fully saturated rings. The predicted octanol–water partition coefficient (Wildman–Crippen LogP) is 3.11. The molecule has 1 aromatic heterocycles. The number of carbonyl (C=O) groups excluding carboxylic acids is 2. The molecule has 2 aromatic rings. The molecule has 1 spiro atoms. The SMILES string of the molecule is O=C(c1ccoc1)N1CCC2(CC1)O[C@@H]1CC[C@@H](c3cccc(F)c3)N1C2=O. The summed E-state index contributed by atoms with van der Waals surface area (Å²) >= 11 is 0. The lowest BCUT2D eigenvalue weighted by Gasteiger charge is -2.37. The first-order valence-corrected chi connectivity index (χ1v) is 9.65. The maximum atomic E-state index is 13.7. The molecule has 0 aliphatic carbocycles. The van der Waals surface area contributed by atoms with Crippen LogP contribution in [0.5, 0.6) is 0 Å². The van der Waals surface area contributed by atoms with Gasteiger partial charge in [-0.2, -0.15) is 0 Å². The molecule has 2 amide bonds. The van der Waals surface area contributed by atoms with Crippen molar-refractivity contribution in [2.24, 2.45) is 0 Å². The van der Waals surface area contributed by atoms with Crippen LogP contribution in [-0.2, 0) is 9.53 Å². The van der Waals surface area contributed by atoms with E-state index in [0.717, 1.165) is 18.4 Å². The monoisotopic (exact) mass is 384 g/mol. The van der Waals surface area contributed by atoms with E-state index in [1.165, 1.54) is 24.7 Å². The molecule has 146 valence electrons. The van der Waals surface area contributed by atoms with Gasteiger partial charge in [0.25, 0.3) is 11.8 Å². The van der Waals surface area contributed by atoms with Crippen LogP contribution in [0.4, 0.5) is 4.39 Å². The second-order valence-corrected chi connectivity index (χ2v) is 7.73. The molecule has 4 heterocycles. The van der Waals surface area contributed by atoms with E-state index in [1.54, 1.807) is 21.9 Å². The number of piperidine rings is 1. The molecular formula is C21H21FN2O4. The lowest BCUT2D eigenvalue weighted by molar-refractivity contribution is -0.142. The maximum absolute atomic E-state index is 13.7. The third-order valence-electron chi connectivity index (χ3n) is 6.18. The smallest absolute Gasteiger partial charge is 0.257 e. The van der Waals surface area contributed by atoms with Crippen LogP contribution in [0.1, 0.15) is 47.6 Å². The Morgan fingerprint density at radius 2 is 2.00 bits per heavy atom. The van der Waals surface area contributed by atoms with Crippen molar-refractivity contribution in [3.8, 4) is 0 Å². The summed E-state index contributed by atoms with van der Waals surface area (Å²) in [6, 6.07) is 7.93. The zero-order chi connectivity index (χ0) is 19.3. The number of nitrogens with zero attached hydrogens (tertiary/aromatic N) is 2. The van der Waals surface area contributed by atoms with Crippen LogP contribution in [0.3, 0.4) is 0 Å². The first kappa shape index (κ1) is 17.4. The Morgan fingerprint density at radius 3 is 2.71 bits per heavy atom. The summed E-state index contributed by atoms with van der Waals surface area (Å²) in [4.78, 5) is 29.4. The fourth-order valence-corrected chi connectivity index (χ4v) is 4.73. The van der Waals surface area contributed by atoms with E-state index in [1.807, 2.05) is 6.07 Å². The van der Waals surface area contributed by atoms with Crippen molar-refractivity contribution in [1.82, 2.24) is 9.80 Å². The minimum Gasteiger partial charge on any atom is -0.472 e. The van der Waals surface area contributed by atoms with Gasteiger partial charge < -0.3 is 19.0 Å². The first-order chi connectivity index (χ1) is 13.6. The van der Waals surface area contributed by atoms with E-state index in [9.17, 15) is 14.0 Å². The largest absolute Gasteiger partial charge is 0.472 e. The number of ether oxygens (including phenoxy) is 1. The Labute approximate surface area is 161 Å². The van der Waals surface area contributed by atoms with Gasteiger partial charge in [0.15, 0.2) is 5.60 Å². The van der Waals surface area contributed by atoms with Gasteiger partial charge in [0, 0.05) is 25.9 Å². The Balaban J connectivity index is 1.32. The van der Waals surface area contributed by atoms with Crippen LogP contribution < -0.4 is 0 Å². The molecule has 3 aliphatic rings. The van der Waals surface area contributed by atoms with Crippen LogP contribution >= 0.6 is 0 Å². The second-order valence-electron chi connectivity index (χ2n) is 7.73. The predicted molar refractivity (Wildman–Crippen MR) is 96.7 cm³/mol. The van der Waals surface area contributed by atoms with Gasteiger partial charge in [0.1, 0.15) is 18.3 Å². The standard InChI is InChI=1S/C21H21FN2O4/c22-16-3-1-2-14(12-16)17-4-5-18-24(17)20(26)21(28-18)7-9-23(10-8-21)19(25)15-6-11-27-13-15/h1-3,6,11-13,17-18H,4-5,7-10H2/t17-,18+/m0/s1. The van der Waals surface area contributed by atoms with Gasteiger partial charge in [-0.1, -0.05) is 12.1 Å². The fraction of sp³-hybridized carbons (Fsp3) is 0.429. The molecule has 28 heavy (non-hydrogen) atoms. The number of hydrogen-bond donors (Lipinski definition) is 0. The van der Waals surface area contributed by atoms with Gasteiger partial charge in [-0.25, -0.2) is 4.39 Å². The molecule has 5 rings (SSSR count). The summed E-state index contributed by atoms with van der Waals surface area (Å²) in [6.45, 7) is 0.919. The van der Waals surface area contributed by atoms with Crippen molar-refractivity contribution >= 4 is 11.8 Å². The topological polar surface area (TPSA) is 63.0 Å². The van der Waals surface area contributed by atoms with E-state index in [4.69, 9.17) is 9.15 Å². The molecular weight excluding hydrogens is 363 g/mol. The second kappa shape index (κ2) is 6.44. The number of likely N-dealkylation sites (tertiary alicyclic amines) is 1. The first-order valence-electron chi connectivity index (χ1n) is 9.65.